The normalized spacial score (nSPS) is 15.6. The maximum absolute atomic E-state index is 12.0. The molecule has 0 atom stereocenters. The zero-order chi connectivity index (χ0) is 13.9. The van der Waals surface area contributed by atoms with E-state index in [9.17, 15) is 13.2 Å². The topological polar surface area (TPSA) is 78.5 Å². The first-order chi connectivity index (χ1) is 8.99. The van der Waals surface area contributed by atoms with Crippen molar-refractivity contribution >= 4 is 32.0 Å². The molecule has 0 radical (unpaired) electrons. The number of carbonyl (C=O) groups excluding carboxylic acids is 1. The molecular formula is C11H14BrN3O3S. The Kier molecular flexibility index (Phi) is 4.43. The number of nitrogens with zero attached hydrogens (tertiary/aromatic N) is 1. The third-order valence-corrected chi connectivity index (χ3v) is 4.75. The maximum atomic E-state index is 12.0. The van der Waals surface area contributed by atoms with Crippen molar-refractivity contribution in [1.82, 2.24) is 14.9 Å². The van der Waals surface area contributed by atoms with Crippen LogP contribution in [-0.4, -0.2) is 45.5 Å². The van der Waals surface area contributed by atoms with E-state index in [1.54, 1.807) is 17.0 Å². The minimum absolute atomic E-state index is 0.150. The van der Waals surface area contributed by atoms with Gasteiger partial charge in [0.1, 0.15) is 0 Å². The number of carbonyl (C=O) groups is 1. The molecule has 0 unspecified atom stereocenters. The Bertz CT molecular complexity index is 559. The highest BCUT2D eigenvalue weighted by Gasteiger charge is 2.20. The highest BCUT2D eigenvalue weighted by Crippen LogP contribution is 2.14. The summed E-state index contributed by atoms with van der Waals surface area (Å²) in [5, 5.41) is 2.66. The average Bonchev–Trinajstić information content (AvgIpc) is 2.75. The van der Waals surface area contributed by atoms with Crippen molar-refractivity contribution in [3.05, 3.63) is 28.7 Å². The van der Waals surface area contributed by atoms with Gasteiger partial charge in [0.15, 0.2) is 0 Å². The summed E-state index contributed by atoms with van der Waals surface area (Å²) in [7, 11) is -3.52. The Labute approximate surface area is 120 Å². The number of hydrogen-bond acceptors (Lipinski definition) is 3. The smallest absolute Gasteiger partial charge is 0.317 e. The predicted octanol–water partition coefficient (Wildman–Crippen LogP) is 0.753. The summed E-state index contributed by atoms with van der Waals surface area (Å²) in [5.41, 5.74) is 0. The predicted molar refractivity (Wildman–Crippen MR) is 74.3 cm³/mol. The molecule has 0 spiro atoms. The molecule has 1 saturated heterocycles. The van der Waals surface area contributed by atoms with Crippen LogP contribution in [0.1, 0.15) is 0 Å². The van der Waals surface area contributed by atoms with Crippen LogP contribution in [0.4, 0.5) is 4.79 Å². The Morgan fingerprint density at radius 1 is 1.32 bits per heavy atom. The zero-order valence-electron chi connectivity index (χ0n) is 10.1. The van der Waals surface area contributed by atoms with E-state index < -0.39 is 10.0 Å². The molecule has 0 bridgehead atoms. The van der Waals surface area contributed by atoms with Crippen LogP contribution in [0.15, 0.2) is 33.6 Å². The van der Waals surface area contributed by atoms with Gasteiger partial charge < -0.3 is 10.2 Å². The summed E-state index contributed by atoms with van der Waals surface area (Å²) in [6, 6.07) is 6.23. The van der Waals surface area contributed by atoms with E-state index in [4.69, 9.17) is 0 Å². The molecule has 19 heavy (non-hydrogen) atoms. The Morgan fingerprint density at radius 2 is 2.00 bits per heavy atom. The highest BCUT2D eigenvalue weighted by atomic mass is 79.9. The molecule has 1 heterocycles. The molecule has 2 N–H and O–H groups in total. The van der Waals surface area contributed by atoms with Crippen molar-refractivity contribution in [2.24, 2.45) is 0 Å². The summed E-state index contributed by atoms with van der Waals surface area (Å²) < 4.78 is 27.2. The fraction of sp³-hybridized carbons (Fsp3) is 0.364. The van der Waals surface area contributed by atoms with Crippen molar-refractivity contribution in [1.29, 1.82) is 0 Å². The lowest BCUT2D eigenvalue weighted by Crippen LogP contribution is -2.36. The van der Waals surface area contributed by atoms with Crippen molar-refractivity contribution in [2.45, 2.75) is 4.90 Å². The monoisotopic (exact) mass is 347 g/mol. The number of amides is 2. The van der Waals surface area contributed by atoms with Gasteiger partial charge in [0.05, 0.1) is 4.90 Å². The van der Waals surface area contributed by atoms with E-state index in [0.29, 0.717) is 19.6 Å². The molecule has 0 aromatic heterocycles. The summed E-state index contributed by atoms with van der Waals surface area (Å²) in [4.78, 5) is 13.1. The third kappa shape index (κ3) is 3.68. The zero-order valence-corrected chi connectivity index (χ0v) is 12.5. The van der Waals surface area contributed by atoms with Crippen molar-refractivity contribution < 1.29 is 13.2 Å². The van der Waals surface area contributed by atoms with E-state index in [1.807, 2.05) is 0 Å². The number of nitrogens with one attached hydrogen (secondary N) is 2. The SMILES string of the molecule is O=C1NCCN1CCNS(=O)(=O)c1ccc(Br)cc1. The first-order valence-electron chi connectivity index (χ1n) is 5.77. The molecule has 0 aliphatic carbocycles. The van der Waals surface area contributed by atoms with Crippen LogP contribution in [0, 0.1) is 0 Å². The first kappa shape index (κ1) is 14.3. The second kappa shape index (κ2) is 5.89. The first-order valence-corrected chi connectivity index (χ1v) is 8.05. The third-order valence-electron chi connectivity index (χ3n) is 2.74. The fourth-order valence-electron chi connectivity index (χ4n) is 1.74. The number of rotatable bonds is 5. The molecule has 1 fully saturated rings. The number of halogens is 1. The summed E-state index contributed by atoms with van der Waals surface area (Å²) in [6.07, 6.45) is 0. The van der Waals surface area contributed by atoms with Gasteiger partial charge in [-0.3, -0.25) is 0 Å². The van der Waals surface area contributed by atoms with E-state index in [1.165, 1.54) is 12.1 Å². The van der Waals surface area contributed by atoms with Crippen LogP contribution in [0.5, 0.6) is 0 Å². The van der Waals surface area contributed by atoms with Crippen LogP contribution in [0.25, 0.3) is 0 Å². The lowest BCUT2D eigenvalue weighted by atomic mass is 10.4. The van der Waals surface area contributed by atoms with Crippen LogP contribution in [0.2, 0.25) is 0 Å². The van der Waals surface area contributed by atoms with Crippen molar-refractivity contribution in [3.63, 3.8) is 0 Å². The van der Waals surface area contributed by atoms with Crippen molar-refractivity contribution in [2.75, 3.05) is 26.2 Å². The number of sulfonamides is 1. The molecule has 0 saturated carbocycles. The quantitative estimate of drug-likeness (QED) is 0.824. The van der Waals surface area contributed by atoms with E-state index in [-0.39, 0.29) is 17.5 Å². The summed E-state index contributed by atoms with van der Waals surface area (Å²) >= 11 is 3.25. The molecule has 104 valence electrons. The molecule has 8 heteroatoms. The van der Waals surface area contributed by atoms with Crippen LogP contribution in [-0.2, 0) is 10.0 Å². The molecule has 2 amide bonds. The van der Waals surface area contributed by atoms with E-state index in [0.717, 1.165) is 4.47 Å². The number of benzene rings is 1. The highest BCUT2D eigenvalue weighted by molar-refractivity contribution is 9.10. The van der Waals surface area contributed by atoms with Crippen LogP contribution < -0.4 is 10.0 Å². The van der Waals surface area contributed by atoms with E-state index >= 15 is 0 Å². The summed E-state index contributed by atoms with van der Waals surface area (Å²) in [5.74, 6) is 0. The van der Waals surface area contributed by atoms with Gasteiger partial charge in [0, 0.05) is 30.7 Å². The Morgan fingerprint density at radius 3 is 2.58 bits per heavy atom. The summed E-state index contributed by atoms with van der Waals surface area (Å²) in [6.45, 7) is 1.78. The molecule has 1 aromatic rings. The number of urea groups is 1. The number of hydrogen-bond donors (Lipinski definition) is 2. The van der Waals surface area contributed by atoms with Gasteiger partial charge >= 0.3 is 6.03 Å². The molecule has 1 aliphatic heterocycles. The lowest BCUT2D eigenvalue weighted by molar-refractivity contribution is 0.218. The minimum atomic E-state index is -3.52. The van der Waals surface area contributed by atoms with Crippen molar-refractivity contribution in [3.8, 4) is 0 Å². The molecular weight excluding hydrogens is 334 g/mol. The standard InChI is InChI=1S/C11H14BrN3O3S/c12-9-1-3-10(4-2-9)19(17,18)14-6-8-15-7-5-13-11(15)16/h1-4,14H,5-8H2,(H,13,16). The average molecular weight is 348 g/mol. The van der Waals surface area contributed by atoms with Gasteiger partial charge in [-0.25, -0.2) is 17.9 Å². The molecule has 1 aromatic carbocycles. The maximum Gasteiger partial charge on any atom is 0.317 e. The Balaban J connectivity index is 1.91. The van der Waals surface area contributed by atoms with Gasteiger partial charge in [0.25, 0.3) is 0 Å². The van der Waals surface area contributed by atoms with Gasteiger partial charge in [-0.2, -0.15) is 0 Å². The second-order valence-electron chi connectivity index (χ2n) is 4.07. The second-order valence-corrected chi connectivity index (χ2v) is 6.75. The van der Waals surface area contributed by atoms with Gasteiger partial charge in [-0.05, 0) is 24.3 Å². The molecule has 6 nitrogen and oxygen atoms in total. The van der Waals surface area contributed by atoms with Crippen LogP contribution >= 0.6 is 15.9 Å². The van der Waals surface area contributed by atoms with Crippen LogP contribution in [0.3, 0.4) is 0 Å². The van der Waals surface area contributed by atoms with Gasteiger partial charge in [-0.1, -0.05) is 15.9 Å². The van der Waals surface area contributed by atoms with Gasteiger partial charge in [0.2, 0.25) is 10.0 Å². The largest absolute Gasteiger partial charge is 0.336 e. The Hall–Kier alpha value is -1.12. The molecule has 1 aliphatic rings. The fourth-order valence-corrected chi connectivity index (χ4v) is 3.02. The minimum Gasteiger partial charge on any atom is -0.336 e. The lowest BCUT2D eigenvalue weighted by Gasteiger charge is -2.14. The van der Waals surface area contributed by atoms with Gasteiger partial charge in [-0.15, -0.1) is 0 Å². The van der Waals surface area contributed by atoms with E-state index in [2.05, 4.69) is 26.0 Å². The molecule has 2 rings (SSSR count).